The van der Waals surface area contributed by atoms with E-state index < -0.39 is 10.0 Å². The monoisotopic (exact) mass is 260 g/mol. The smallest absolute Gasteiger partial charge is 0.241 e. The van der Waals surface area contributed by atoms with Gasteiger partial charge in [-0.25, -0.2) is 13.1 Å². The first-order valence-electron chi connectivity index (χ1n) is 5.55. The van der Waals surface area contributed by atoms with Crippen LogP contribution >= 0.6 is 0 Å². The summed E-state index contributed by atoms with van der Waals surface area (Å²) in [7, 11) is -3.28. The van der Waals surface area contributed by atoms with E-state index in [0.717, 1.165) is 12.8 Å². The molecule has 8 heteroatoms. The van der Waals surface area contributed by atoms with Crippen LogP contribution in [0.2, 0.25) is 0 Å². The van der Waals surface area contributed by atoms with E-state index in [1.165, 1.54) is 0 Å². The van der Waals surface area contributed by atoms with Crippen LogP contribution in [0.25, 0.3) is 0 Å². The Labute approximate surface area is 100 Å². The zero-order valence-electron chi connectivity index (χ0n) is 9.64. The Morgan fingerprint density at radius 2 is 2.24 bits per heavy atom. The van der Waals surface area contributed by atoms with Crippen molar-refractivity contribution in [3.05, 3.63) is 11.7 Å². The van der Waals surface area contributed by atoms with E-state index in [0.29, 0.717) is 18.4 Å². The number of nitrogens with zero attached hydrogens (tertiary/aromatic N) is 2. The maximum absolute atomic E-state index is 11.6. The highest BCUT2D eigenvalue weighted by atomic mass is 32.2. The lowest BCUT2D eigenvalue weighted by Crippen LogP contribution is -2.32. The van der Waals surface area contributed by atoms with Crippen LogP contribution in [0, 0.1) is 6.92 Å². The molecule has 0 amide bonds. The first-order chi connectivity index (χ1) is 8.05. The topological polar surface area (TPSA) is 97.1 Å². The van der Waals surface area contributed by atoms with Crippen LogP contribution in [0.5, 0.6) is 0 Å². The van der Waals surface area contributed by atoms with Gasteiger partial charge in [0.05, 0.1) is 12.3 Å². The summed E-state index contributed by atoms with van der Waals surface area (Å²) < 4.78 is 30.4. The SMILES string of the molecule is Cc1noc(CNS(=O)(=O)CCNC2CC2)n1. The highest BCUT2D eigenvalue weighted by molar-refractivity contribution is 7.89. The number of sulfonamides is 1. The Balaban J connectivity index is 1.72. The molecule has 0 aromatic carbocycles. The minimum absolute atomic E-state index is 0.0482. The van der Waals surface area contributed by atoms with Crippen molar-refractivity contribution in [3.63, 3.8) is 0 Å². The average molecular weight is 260 g/mol. The van der Waals surface area contributed by atoms with E-state index in [2.05, 4.69) is 20.2 Å². The van der Waals surface area contributed by atoms with E-state index in [1.54, 1.807) is 6.92 Å². The van der Waals surface area contributed by atoms with Gasteiger partial charge in [-0.15, -0.1) is 0 Å². The van der Waals surface area contributed by atoms with Crippen molar-refractivity contribution in [3.8, 4) is 0 Å². The zero-order chi connectivity index (χ0) is 12.3. The van der Waals surface area contributed by atoms with Gasteiger partial charge < -0.3 is 9.84 Å². The summed E-state index contributed by atoms with van der Waals surface area (Å²) in [4.78, 5) is 3.91. The first kappa shape index (κ1) is 12.5. The van der Waals surface area contributed by atoms with Gasteiger partial charge in [0.1, 0.15) is 0 Å². The van der Waals surface area contributed by atoms with Gasteiger partial charge in [0.2, 0.25) is 15.9 Å². The van der Waals surface area contributed by atoms with Gasteiger partial charge in [-0.05, 0) is 19.8 Å². The van der Waals surface area contributed by atoms with Crippen LogP contribution in [-0.4, -0.2) is 36.9 Å². The quantitative estimate of drug-likeness (QED) is 0.689. The van der Waals surface area contributed by atoms with Crippen molar-refractivity contribution in [2.45, 2.75) is 32.4 Å². The standard InChI is InChI=1S/C9H16N4O3S/c1-7-12-9(16-13-7)6-11-17(14,15)5-4-10-8-2-3-8/h8,10-11H,2-6H2,1H3. The number of aryl methyl sites for hydroxylation is 1. The van der Waals surface area contributed by atoms with Gasteiger partial charge in [0, 0.05) is 12.6 Å². The van der Waals surface area contributed by atoms with Crippen molar-refractivity contribution >= 4 is 10.0 Å². The predicted molar refractivity (Wildman–Crippen MR) is 60.7 cm³/mol. The van der Waals surface area contributed by atoms with Gasteiger partial charge in [-0.1, -0.05) is 5.16 Å². The van der Waals surface area contributed by atoms with E-state index in [-0.39, 0.29) is 18.2 Å². The van der Waals surface area contributed by atoms with Crippen molar-refractivity contribution in [1.29, 1.82) is 0 Å². The van der Waals surface area contributed by atoms with Crippen molar-refractivity contribution in [1.82, 2.24) is 20.2 Å². The molecule has 1 aromatic rings. The predicted octanol–water partition coefficient (Wildman–Crippen LogP) is -0.451. The summed E-state index contributed by atoms with van der Waals surface area (Å²) >= 11 is 0. The molecule has 2 N–H and O–H groups in total. The summed E-state index contributed by atoms with van der Waals surface area (Å²) in [5.74, 6) is 0.840. The summed E-state index contributed by atoms with van der Waals surface area (Å²) in [5, 5.41) is 6.72. The normalized spacial score (nSPS) is 16.3. The van der Waals surface area contributed by atoms with Gasteiger partial charge in [0.15, 0.2) is 5.82 Å². The van der Waals surface area contributed by atoms with E-state index in [1.807, 2.05) is 0 Å². The molecule has 1 fully saturated rings. The average Bonchev–Trinajstić information content (AvgIpc) is 2.98. The maximum atomic E-state index is 11.6. The van der Waals surface area contributed by atoms with Gasteiger partial charge in [-0.3, -0.25) is 0 Å². The Bertz CT molecular complexity index is 466. The molecule has 1 aliphatic rings. The summed E-state index contributed by atoms with van der Waals surface area (Å²) in [6.45, 7) is 2.20. The molecule has 1 aliphatic carbocycles. The van der Waals surface area contributed by atoms with Crippen LogP contribution in [0.4, 0.5) is 0 Å². The Kier molecular flexibility index (Phi) is 3.75. The fraction of sp³-hybridized carbons (Fsp3) is 0.778. The van der Waals surface area contributed by atoms with Gasteiger partial charge in [-0.2, -0.15) is 4.98 Å². The Morgan fingerprint density at radius 3 is 2.82 bits per heavy atom. The Morgan fingerprint density at radius 1 is 1.47 bits per heavy atom. The molecular formula is C9H16N4O3S. The second kappa shape index (κ2) is 5.11. The molecule has 0 bridgehead atoms. The van der Waals surface area contributed by atoms with E-state index >= 15 is 0 Å². The zero-order valence-corrected chi connectivity index (χ0v) is 10.5. The molecule has 0 spiro atoms. The van der Waals surface area contributed by atoms with Crippen LogP contribution in [0.1, 0.15) is 24.6 Å². The summed E-state index contributed by atoms with van der Waals surface area (Å²) in [6.07, 6.45) is 2.30. The Hall–Kier alpha value is -0.990. The molecule has 0 radical (unpaired) electrons. The van der Waals surface area contributed by atoms with Crippen LogP contribution in [-0.2, 0) is 16.6 Å². The molecule has 96 valence electrons. The van der Waals surface area contributed by atoms with Crippen LogP contribution in [0.15, 0.2) is 4.52 Å². The number of nitrogens with one attached hydrogen (secondary N) is 2. The maximum Gasteiger partial charge on any atom is 0.241 e. The second-order valence-electron chi connectivity index (χ2n) is 4.10. The molecule has 0 aliphatic heterocycles. The molecule has 7 nitrogen and oxygen atoms in total. The number of hydrogen-bond acceptors (Lipinski definition) is 6. The fourth-order valence-corrected chi connectivity index (χ4v) is 2.21. The van der Waals surface area contributed by atoms with E-state index in [4.69, 9.17) is 4.52 Å². The van der Waals surface area contributed by atoms with Gasteiger partial charge >= 0.3 is 0 Å². The molecular weight excluding hydrogens is 244 g/mol. The molecule has 1 heterocycles. The van der Waals surface area contributed by atoms with Crippen LogP contribution in [0.3, 0.4) is 0 Å². The lowest BCUT2D eigenvalue weighted by atomic mass is 10.6. The highest BCUT2D eigenvalue weighted by Crippen LogP contribution is 2.17. The molecule has 0 saturated heterocycles. The number of aromatic nitrogens is 2. The molecule has 17 heavy (non-hydrogen) atoms. The van der Waals surface area contributed by atoms with Crippen LogP contribution < -0.4 is 10.0 Å². The number of hydrogen-bond donors (Lipinski definition) is 2. The lowest BCUT2D eigenvalue weighted by molar-refractivity contribution is 0.372. The van der Waals surface area contributed by atoms with Crippen molar-refractivity contribution < 1.29 is 12.9 Å². The number of rotatable bonds is 7. The van der Waals surface area contributed by atoms with E-state index in [9.17, 15) is 8.42 Å². The molecule has 1 saturated carbocycles. The third kappa shape index (κ3) is 4.41. The summed E-state index contributed by atoms with van der Waals surface area (Å²) in [5.41, 5.74) is 0. The minimum Gasteiger partial charge on any atom is -0.338 e. The molecule has 0 unspecified atom stereocenters. The second-order valence-corrected chi connectivity index (χ2v) is 6.03. The largest absolute Gasteiger partial charge is 0.338 e. The van der Waals surface area contributed by atoms with Crippen molar-refractivity contribution in [2.75, 3.05) is 12.3 Å². The molecule has 0 atom stereocenters. The first-order valence-corrected chi connectivity index (χ1v) is 7.20. The summed E-state index contributed by atoms with van der Waals surface area (Å²) in [6, 6.07) is 0.517. The molecule has 1 aromatic heterocycles. The molecule has 2 rings (SSSR count). The lowest BCUT2D eigenvalue weighted by Gasteiger charge is -2.05. The third-order valence-electron chi connectivity index (χ3n) is 2.39. The minimum atomic E-state index is -3.28. The third-order valence-corrected chi connectivity index (χ3v) is 3.72. The fourth-order valence-electron chi connectivity index (χ4n) is 1.34. The highest BCUT2D eigenvalue weighted by Gasteiger charge is 2.21. The van der Waals surface area contributed by atoms with Crippen molar-refractivity contribution in [2.24, 2.45) is 0 Å². The van der Waals surface area contributed by atoms with Gasteiger partial charge in [0.25, 0.3) is 0 Å².